The van der Waals surface area contributed by atoms with E-state index in [0.717, 1.165) is 12.8 Å². The van der Waals surface area contributed by atoms with Gasteiger partial charge in [-0.1, -0.05) is 13.8 Å². The predicted molar refractivity (Wildman–Crippen MR) is 50.8 cm³/mol. The van der Waals surface area contributed by atoms with Gasteiger partial charge in [-0.25, -0.2) is 4.57 Å². The van der Waals surface area contributed by atoms with Gasteiger partial charge in [0.25, 0.3) is 0 Å². The fourth-order valence-electron chi connectivity index (χ4n) is 0.539. The zero-order chi connectivity index (χ0) is 11.1. The van der Waals surface area contributed by atoms with E-state index in [1.165, 1.54) is 0 Å². The molecule has 7 heteroatoms. The van der Waals surface area contributed by atoms with Crippen LogP contribution in [-0.2, 0) is 4.57 Å². The predicted octanol–water partition coefficient (Wildman–Crippen LogP) is -0.466. The van der Waals surface area contributed by atoms with E-state index in [-0.39, 0.29) is 5.54 Å². The second-order valence-electron chi connectivity index (χ2n) is 2.79. The van der Waals surface area contributed by atoms with E-state index in [1.54, 1.807) is 0 Å². The topological polar surface area (TPSA) is 130 Å². The molecule has 0 spiro atoms. The number of hydrogen-bond acceptors (Lipinski definition) is 3. The lowest BCUT2D eigenvalue weighted by Crippen LogP contribution is -2.45. The highest BCUT2D eigenvalue weighted by Crippen LogP contribution is 2.25. The maximum atomic E-state index is 8.88. The summed E-state index contributed by atoms with van der Waals surface area (Å²) in [5.41, 5.74) is 11.1. The van der Waals surface area contributed by atoms with Crippen LogP contribution in [0.1, 0.15) is 26.7 Å². The molecular weight excluding hydrogens is 195 g/mol. The summed E-state index contributed by atoms with van der Waals surface area (Å²) >= 11 is 0. The van der Waals surface area contributed by atoms with Crippen LogP contribution in [0.4, 0.5) is 0 Å². The molecule has 0 unspecified atom stereocenters. The molecule has 82 valence electrons. The summed E-state index contributed by atoms with van der Waals surface area (Å²) in [5.74, 6) is 0. The van der Waals surface area contributed by atoms with E-state index in [0.29, 0.717) is 6.54 Å². The third kappa shape index (κ3) is 14.8. The van der Waals surface area contributed by atoms with Crippen LogP contribution >= 0.6 is 7.82 Å². The first-order valence-corrected chi connectivity index (χ1v) is 5.52. The first kappa shape index (κ1) is 15.5. The van der Waals surface area contributed by atoms with Gasteiger partial charge in [0, 0.05) is 12.1 Å². The minimum absolute atomic E-state index is 0.0972. The molecule has 0 saturated carbocycles. The van der Waals surface area contributed by atoms with Crippen molar-refractivity contribution in [1.29, 1.82) is 0 Å². The summed E-state index contributed by atoms with van der Waals surface area (Å²) < 4.78 is 8.88. The van der Waals surface area contributed by atoms with E-state index in [2.05, 4.69) is 13.8 Å². The summed E-state index contributed by atoms with van der Waals surface area (Å²) in [6, 6.07) is 0. The molecule has 0 aliphatic rings. The van der Waals surface area contributed by atoms with Gasteiger partial charge in [-0.05, 0) is 12.8 Å². The molecule has 0 atom stereocenters. The average Bonchev–Trinajstić information content (AvgIpc) is 2.00. The van der Waals surface area contributed by atoms with Crippen LogP contribution in [0.15, 0.2) is 0 Å². The summed E-state index contributed by atoms with van der Waals surface area (Å²) in [6.07, 6.45) is 1.94. The zero-order valence-corrected chi connectivity index (χ0v) is 8.87. The Morgan fingerprint density at radius 2 is 1.46 bits per heavy atom. The van der Waals surface area contributed by atoms with E-state index in [9.17, 15) is 0 Å². The van der Waals surface area contributed by atoms with Crippen LogP contribution in [0.25, 0.3) is 0 Å². The summed E-state index contributed by atoms with van der Waals surface area (Å²) in [6.45, 7) is 4.73. The molecule has 0 heterocycles. The van der Waals surface area contributed by atoms with E-state index in [4.69, 9.17) is 30.7 Å². The third-order valence-electron chi connectivity index (χ3n) is 1.81. The van der Waals surface area contributed by atoms with Gasteiger partial charge in [-0.2, -0.15) is 0 Å². The van der Waals surface area contributed by atoms with Gasteiger partial charge in [0.1, 0.15) is 0 Å². The molecule has 0 radical (unpaired) electrons. The van der Waals surface area contributed by atoms with Gasteiger partial charge in [0.15, 0.2) is 0 Å². The maximum absolute atomic E-state index is 8.88. The zero-order valence-electron chi connectivity index (χ0n) is 7.97. The van der Waals surface area contributed by atoms with Gasteiger partial charge in [-0.15, -0.1) is 0 Å². The minimum Gasteiger partial charge on any atom is -0.329 e. The number of phosphoric acid groups is 1. The molecular formula is C6H19N2O4P. The average molecular weight is 214 g/mol. The van der Waals surface area contributed by atoms with Crippen LogP contribution < -0.4 is 11.5 Å². The fourth-order valence-corrected chi connectivity index (χ4v) is 0.539. The van der Waals surface area contributed by atoms with Crippen LogP contribution in [0.5, 0.6) is 0 Å². The van der Waals surface area contributed by atoms with Crippen molar-refractivity contribution < 1.29 is 19.2 Å². The Bertz CT molecular complexity index is 149. The largest absolute Gasteiger partial charge is 0.466 e. The molecule has 0 aromatic rings. The van der Waals surface area contributed by atoms with Gasteiger partial charge in [0.05, 0.1) is 0 Å². The van der Waals surface area contributed by atoms with Crippen molar-refractivity contribution in [1.82, 2.24) is 0 Å². The Kier molecular flexibility index (Phi) is 7.72. The van der Waals surface area contributed by atoms with Crippen molar-refractivity contribution in [3.05, 3.63) is 0 Å². The Balaban J connectivity index is 0. The maximum Gasteiger partial charge on any atom is 0.466 e. The molecule has 0 bridgehead atoms. The Morgan fingerprint density at radius 3 is 1.46 bits per heavy atom. The molecule has 0 aromatic carbocycles. The lowest BCUT2D eigenvalue weighted by atomic mass is 9.95. The van der Waals surface area contributed by atoms with E-state index in [1.807, 2.05) is 0 Å². The quantitative estimate of drug-likeness (QED) is 0.404. The second kappa shape index (κ2) is 6.48. The van der Waals surface area contributed by atoms with E-state index >= 15 is 0 Å². The Labute approximate surface area is 78.2 Å². The van der Waals surface area contributed by atoms with Crippen molar-refractivity contribution in [3.63, 3.8) is 0 Å². The molecule has 0 amide bonds. The highest BCUT2D eigenvalue weighted by atomic mass is 31.2. The van der Waals surface area contributed by atoms with Crippen LogP contribution in [0.2, 0.25) is 0 Å². The third-order valence-corrected chi connectivity index (χ3v) is 1.81. The van der Waals surface area contributed by atoms with Gasteiger partial charge in [-0.3, -0.25) is 0 Å². The summed E-state index contributed by atoms with van der Waals surface area (Å²) in [7, 11) is -4.64. The van der Waals surface area contributed by atoms with Crippen LogP contribution in [-0.4, -0.2) is 26.8 Å². The molecule has 0 aliphatic heterocycles. The molecule has 13 heavy (non-hydrogen) atoms. The second-order valence-corrected chi connectivity index (χ2v) is 3.81. The minimum atomic E-state index is -4.64. The van der Waals surface area contributed by atoms with Crippen LogP contribution in [0, 0.1) is 0 Å². The SMILES string of the molecule is CCC(N)(CC)CN.O=P(O)(O)O. The molecule has 0 aliphatic carbocycles. The molecule has 0 fully saturated rings. The Hall–Kier alpha value is 0.0300. The highest BCUT2D eigenvalue weighted by Gasteiger charge is 2.16. The standard InChI is InChI=1S/C6H16N2.H3O4P/c1-3-6(8,4-2)5-7;1-5(2,3)4/h3-5,7-8H2,1-2H3;(H3,1,2,3,4). The van der Waals surface area contributed by atoms with Crippen molar-refractivity contribution in [3.8, 4) is 0 Å². The van der Waals surface area contributed by atoms with Crippen molar-refractivity contribution in [2.24, 2.45) is 11.5 Å². The van der Waals surface area contributed by atoms with Crippen molar-refractivity contribution >= 4 is 7.82 Å². The molecule has 0 saturated heterocycles. The molecule has 6 nitrogen and oxygen atoms in total. The first-order chi connectivity index (χ1) is 5.68. The summed E-state index contributed by atoms with van der Waals surface area (Å²) in [5, 5.41) is 0. The molecule has 0 rings (SSSR count). The lowest BCUT2D eigenvalue weighted by molar-refractivity contribution is 0.275. The molecule has 7 N–H and O–H groups in total. The fraction of sp³-hybridized carbons (Fsp3) is 1.00. The van der Waals surface area contributed by atoms with Gasteiger partial charge < -0.3 is 26.1 Å². The van der Waals surface area contributed by atoms with Crippen molar-refractivity contribution in [2.45, 2.75) is 32.2 Å². The number of nitrogens with two attached hydrogens (primary N) is 2. The Morgan fingerprint density at radius 1 is 1.23 bits per heavy atom. The molecule has 0 aromatic heterocycles. The van der Waals surface area contributed by atoms with Crippen molar-refractivity contribution in [2.75, 3.05) is 6.54 Å². The van der Waals surface area contributed by atoms with Gasteiger partial charge in [0.2, 0.25) is 0 Å². The lowest BCUT2D eigenvalue weighted by Gasteiger charge is -2.23. The number of hydrogen-bond donors (Lipinski definition) is 5. The first-order valence-electron chi connectivity index (χ1n) is 3.95. The van der Waals surface area contributed by atoms with Crippen LogP contribution in [0.3, 0.4) is 0 Å². The normalized spacial score (nSPS) is 11.9. The highest BCUT2D eigenvalue weighted by molar-refractivity contribution is 7.45. The monoisotopic (exact) mass is 214 g/mol. The van der Waals surface area contributed by atoms with E-state index < -0.39 is 7.82 Å². The smallest absolute Gasteiger partial charge is 0.329 e. The summed E-state index contributed by atoms with van der Waals surface area (Å²) in [4.78, 5) is 21.6. The number of rotatable bonds is 3. The van der Waals surface area contributed by atoms with Gasteiger partial charge >= 0.3 is 7.82 Å².